The number of carbonyl (C=O) groups is 8. The number of hydrogen-bond donors (Lipinski definition) is 4. The van der Waals surface area contributed by atoms with E-state index >= 15 is 38.4 Å². The van der Waals surface area contributed by atoms with Gasteiger partial charge in [0.2, 0.25) is 0 Å². The molecule has 4 saturated carbocycles. The summed E-state index contributed by atoms with van der Waals surface area (Å²) in [4.78, 5) is 135. The first-order valence-corrected chi connectivity index (χ1v) is 50.6. The average Bonchev–Trinajstić information content (AvgIpc) is 1.58. The van der Waals surface area contributed by atoms with Crippen LogP contribution in [0.3, 0.4) is 0 Å². The molecule has 0 aromatic heterocycles. The van der Waals surface area contributed by atoms with Crippen LogP contribution in [-0.2, 0) is 76.3 Å². The summed E-state index contributed by atoms with van der Waals surface area (Å²) in [6, 6.07) is 0. The van der Waals surface area contributed by atoms with Crippen LogP contribution in [0.5, 0.6) is 0 Å². The van der Waals surface area contributed by atoms with Gasteiger partial charge in [0.1, 0.15) is 80.9 Å². The van der Waals surface area contributed by atoms with Gasteiger partial charge >= 0.3 is 23.9 Å². The molecule has 12 fully saturated rings. The number of esters is 4. The highest BCUT2D eigenvalue weighted by molar-refractivity contribution is 5.94. The van der Waals surface area contributed by atoms with Crippen LogP contribution in [0.4, 0.5) is 0 Å². The Morgan fingerprint density at radius 3 is 0.504 bits per heavy atom. The van der Waals surface area contributed by atoms with E-state index < -0.39 is 172 Å². The lowest BCUT2D eigenvalue weighted by molar-refractivity contribution is -0.189. The highest BCUT2D eigenvalue weighted by atomic mass is 16.6. The fourth-order valence-corrected chi connectivity index (χ4v) is 27.3. The van der Waals surface area contributed by atoms with Gasteiger partial charge in [-0.3, -0.25) is 38.4 Å². The van der Waals surface area contributed by atoms with Crippen molar-refractivity contribution >= 4 is 47.5 Å². The molecule has 0 aromatic carbocycles. The Kier molecular flexibility index (Phi) is 31.6. The van der Waals surface area contributed by atoms with E-state index in [-0.39, 0.29) is 23.6 Å². The third-order valence-corrected chi connectivity index (χ3v) is 30.4. The predicted molar refractivity (Wildman–Crippen MR) is 485 cm³/mol. The third kappa shape index (κ3) is 24.5. The Morgan fingerprint density at radius 1 is 0.240 bits per heavy atom. The molecule has 0 atom stereocenters. The van der Waals surface area contributed by atoms with Gasteiger partial charge in [0, 0.05) is 95.7 Å². The van der Waals surface area contributed by atoms with Crippen LogP contribution in [0.1, 0.15) is 445 Å². The first-order valence-electron chi connectivity index (χ1n) is 50.6. The Hall–Kier alpha value is -4.56. The zero-order valence-corrected chi connectivity index (χ0v) is 81.2. The number of rotatable bonds is 16. The van der Waals surface area contributed by atoms with Crippen molar-refractivity contribution in [1.82, 2.24) is 40.9 Å². The second kappa shape index (κ2) is 39.7. The average molecular weight is 1750 g/mol. The Morgan fingerprint density at radius 2 is 0.368 bits per heavy atom. The number of nitrogens with one attached hydrogen (secondary N) is 4. The molecule has 8 heterocycles. The molecule has 125 heavy (non-hydrogen) atoms. The van der Waals surface area contributed by atoms with E-state index in [0.29, 0.717) is 103 Å². The zero-order chi connectivity index (χ0) is 90.3. The summed E-state index contributed by atoms with van der Waals surface area (Å²) >= 11 is 0. The molecule has 8 saturated heterocycles. The van der Waals surface area contributed by atoms with Crippen LogP contribution in [-0.4, -0.2) is 209 Å². The largest absolute Gasteiger partial charge is 0.463 e. The number of piperidine rings is 4. The topological polar surface area (TPSA) is 271 Å². The molecule has 24 heteroatoms. The molecule has 8 spiro atoms. The quantitative estimate of drug-likeness (QED) is 0.0826. The molecule has 0 bridgehead atoms. The van der Waals surface area contributed by atoms with Crippen molar-refractivity contribution in [2.75, 3.05) is 52.6 Å². The van der Waals surface area contributed by atoms with Crippen LogP contribution < -0.4 is 21.3 Å². The first kappa shape index (κ1) is 99.5. The molecule has 24 nitrogen and oxygen atoms in total. The fraction of sp³-hybridized carbons (Fsp3) is 0.921. The van der Waals surface area contributed by atoms with E-state index in [1.165, 1.54) is 25.7 Å². The molecular weight excluding hydrogens is 1580 g/mol. The molecular formula is C101H172N8O16. The number of hydrogen-bond acceptors (Lipinski definition) is 20. The van der Waals surface area contributed by atoms with Crippen molar-refractivity contribution in [2.24, 2.45) is 5.41 Å². The van der Waals surface area contributed by atoms with Crippen LogP contribution in [0.25, 0.3) is 0 Å². The minimum absolute atomic E-state index is 0.276. The predicted octanol–water partition coefficient (Wildman–Crippen LogP) is 18.3. The summed E-state index contributed by atoms with van der Waals surface area (Å²) in [6.45, 7) is 28.8. The molecule has 4 amide bonds. The molecule has 712 valence electrons. The summed E-state index contributed by atoms with van der Waals surface area (Å²) in [5.41, 5.74) is -16.1. The lowest BCUT2D eigenvalue weighted by Gasteiger charge is -2.50. The SMILES string of the molecule is CC1(C)CC2(CC(C)(C)N1)OC1(CCCCCCCCCCC1)N(CC(=O)OCC(COC(=O)CN1C(=O)C3(CC(C)(C)NC(C)(C)C3)OC13CCCCCCCCCCC3)(COC(=O)CN1C(=O)C3(CC(C)(C)NC(C)(C)C3)OC13CCCCCCCCCCC3)COC(=O)CN1C(=O)C3(CC(C)(C)NC(C)(C)C3)OC13CCCCCCCCCCC3)C2=O. The van der Waals surface area contributed by atoms with E-state index in [2.05, 4.69) is 132 Å². The van der Waals surface area contributed by atoms with Crippen LogP contribution in [0.2, 0.25) is 0 Å². The lowest BCUT2D eigenvalue weighted by Crippen LogP contribution is -2.65. The smallest absolute Gasteiger partial charge is 0.325 e. The molecule has 0 radical (unpaired) electrons. The molecule has 4 N–H and O–H groups in total. The van der Waals surface area contributed by atoms with Crippen molar-refractivity contribution < 1.29 is 76.3 Å². The number of ether oxygens (including phenoxy) is 8. The van der Waals surface area contributed by atoms with Crippen molar-refractivity contribution in [2.45, 2.75) is 534 Å². The van der Waals surface area contributed by atoms with Gasteiger partial charge in [-0.05, 0) is 214 Å². The number of carbonyl (C=O) groups excluding carboxylic acids is 8. The summed E-state index contributed by atoms with van der Waals surface area (Å²) < 4.78 is 57.4. The van der Waals surface area contributed by atoms with Gasteiger partial charge in [-0.25, -0.2) is 0 Å². The Bertz CT molecular complexity index is 3130. The normalized spacial score (nSPS) is 28.6. The molecule has 12 rings (SSSR count). The van der Waals surface area contributed by atoms with Gasteiger partial charge in [0.15, 0.2) is 22.4 Å². The summed E-state index contributed by atoms with van der Waals surface area (Å²) in [5, 5.41) is 15.1. The van der Waals surface area contributed by atoms with Gasteiger partial charge in [-0.1, -0.05) is 180 Å². The molecule has 0 unspecified atom stereocenters. The zero-order valence-electron chi connectivity index (χ0n) is 81.2. The van der Waals surface area contributed by atoms with Crippen molar-refractivity contribution in [3.8, 4) is 0 Å². The van der Waals surface area contributed by atoms with E-state index in [4.69, 9.17) is 37.9 Å². The van der Waals surface area contributed by atoms with Crippen molar-refractivity contribution in [3.63, 3.8) is 0 Å². The van der Waals surface area contributed by atoms with E-state index in [0.717, 1.165) is 205 Å². The van der Waals surface area contributed by atoms with Gasteiger partial charge in [0.25, 0.3) is 23.6 Å². The molecule has 0 aromatic rings. The number of amides is 4. The molecule has 12 aliphatic rings. The van der Waals surface area contributed by atoms with Gasteiger partial charge in [-0.2, -0.15) is 0 Å². The standard InChI is InChI=1S/C101H172N8O16/c1-85(2)65-94(66-86(3,4)102-85)81(114)106(98(122-94)53-45-37-29-21-17-22-30-38-46-54-98)61-77(110)118-73-93(74-119-78(111)62-107-82(115)95(67-87(5,6)103-88(7,8)68-95)123-99(107)55-47-39-31-23-18-24-32-40-48-56-99,75-120-79(112)63-108-83(116)96(69-89(9,10)104-90(11,12)70-96)124-100(108)57-49-41-33-25-19-26-34-42-50-58-100)76-121-80(113)64-109-84(117)97(71-91(13,14)105-92(15,16)72-97)125-101(109)59-51-43-35-27-20-28-36-44-52-60-101/h102-105H,17-76H2,1-16H3. The van der Waals surface area contributed by atoms with Crippen LogP contribution >= 0.6 is 0 Å². The minimum Gasteiger partial charge on any atom is -0.463 e. The second-order valence-corrected chi connectivity index (χ2v) is 47.6. The molecule has 4 aliphatic carbocycles. The highest BCUT2D eigenvalue weighted by Gasteiger charge is 2.70. The highest BCUT2D eigenvalue weighted by Crippen LogP contribution is 2.57. The maximum absolute atomic E-state index is 16.2. The van der Waals surface area contributed by atoms with Crippen molar-refractivity contribution in [1.29, 1.82) is 0 Å². The maximum atomic E-state index is 16.2. The van der Waals surface area contributed by atoms with Gasteiger partial charge < -0.3 is 78.8 Å². The monoisotopic (exact) mass is 1750 g/mol. The van der Waals surface area contributed by atoms with Crippen LogP contribution in [0.15, 0.2) is 0 Å². The minimum atomic E-state index is -1.96. The third-order valence-electron chi connectivity index (χ3n) is 30.4. The first-order chi connectivity index (χ1) is 58.7. The molecule has 8 aliphatic heterocycles. The van der Waals surface area contributed by atoms with Crippen LogP contribution in [0, 0.1) is 5.41 Å². The maximum Gasteiger partial charge on any atom is 0.325 e. The van der Waals surface area contributed by atoms with Gasteiger partial charge in [-0.15, -0.1) is 0 Å². The van der Waals surface area contributed by atoms with E-state index in [1.54, 1.807) is 19.6 Å². The summed E-state index contributed by atoms with van der Waals surface area (Å²) in [5.74, 6) is -4.34. The lowest BCUT2D eigenvalue weighted by atomic mass is 9.72. The van der Waals surface area contributed by atoms with E-state index in [1.807, 2.05) is 0 Å². The Labute approximate surface area is 753 Å². The second-order valence-electron chi connectivity index (χ2n) is 47.6. The van der Waals surface area contributed by atoms with Crippen molar-refractivity contribution in [3.05, 3.63) is 0 Å². The summed E-state index contributed by atoms with van der Waals surface area (Å²) in [6.07, 6.45) is 42.5. The fourth-order valence-electron chi connectivity index (χ4n) is 27.3. The Balaban J connectivity index is 0.949. The summed E-state index contributed by atoms with van der Waals surface area (Å²) in [7, 11) is 0. The number of nitrogens with zero attached hydrogens (tertiary/aromatic N) is 4. The van der Waals surface area contributed by atoms with Gasteiger partial charge in [0.05, 0.1) is 0 Å². The van der Waals surface area contributed by atoms with E-state index in [9.17, 15) is 0 Å².